The first-order valence-electron chi connectivity index (χ1n) is 15.4. The third-order valence-electron chi connectivity index (χ3n) is 8.79. The zero-order valence-corrected chi connectivity index (χ0v) is 28.0. The van der Waals surface area contributed by atoms with Crippen LogP contribution < -0.4 is 9.22 Å². The third-order valence-corrected chi connectivity index (χ3v) is 9.71. The van der Waals surface area contributed by atoms with E-state index in [1.165, 1.54) is 29.2 Å². The molecule has 2 aromatic heterocycles. The molecule has 6 rings (SSSR count). The van der Waals surface area contributed by atoms with E-state index < -0.39 is 5.82 Å². The second kappa shape index (κ2) is 13.1. The van der Waals surface area contributed by atoms with Gasteiger partial charge in [0.05, 0.1) is 0 Å². The van der Waals surface area contributed by atoms with E-state index in [0.717, 1.165) is 49.6 Å². The zero-order valence-electron chi connectivity index (χ0n) is 25.6. The van der Waals surface area contributed by atoms with Crippen molar-refractivity contribution in [2.75, 3.05) is 27.2 Å². The Morgan fingerprint density at radius 2 is 1.93 bits per heavy atom. The van der Waals surface area contributed by atoms with Gasteiger partial charge in [-0.3, -0.25) is 0 Å². The van der Waals surface area contributed by atoms with Gasteiger partial charge in [0, 0.05) is 0 Å². The number of carbonyl (C=O) groups excluding carboxylic acids is 1. The van der Waals surface area contributed by atoms with Crippen LogP contribution in [-0.4, -0.2) is 85.5 Å². The second-order valence-corrected chi connectivity index (χ2v) is 13.5. The quantitative estimate of drug-likeness (QED) is 0.149. The van der Waals surface area contributed by atoms with Crippen LogP contribution in [0, 0.1) is 22.6 Å². The number of fused-ring (bicyclic) bond motifs is 1. The van der Waals surface area contributed by atoms with Gasteiger partial charge < -0.3 is 4.90 Å². The number of nitrogens with zero attached hydrogens (tertiary/aromatic N) is 7. The van der Waals surface area contributed by atoms with Crippen LogP contribution in [0.4, 0.5) is 4.39 Å². The summed E-state index contributed by atoms with van der Waals surface area (Å²) in [5, 5.41) is 15.7. The van der Waals surface area contributed by atoms with Crippen molar-refractivity contribution < 1.29 is 13.9 Å². The minimum Gasteiger partial charge on any atom is -0.0524 e. The van der Waals surface area contributed by atoms with E-state index in [0.29, 0.717) is 46.9 Å². The molecule has 2 atom stereocenters. The van der Waals surface area contributed by atoms with Gasteiger partial charge in [-0.1, -0.05) is 12.8 Å². The number of rotatable bonds is 9. The van der Waals surface area contributed by atoms with Crippen LogP contribution in [0.25, 0.3) is 22.3 Å². The predicted molar refractivity (Wildman–Crippen MR) is 173 cm³/mol. The van der Waals surface area contributed by atoms with Crippen LogP contribution in [0.15, 0.2) is 66.5 Å². The Bertz CT molecular complexity index is 1780. The van der Waals surface area contributed by atoms with Crippen molar-refractivity contribution in [1.29, 1.82) is 5.26 Å². The number of amides is 1. The molecule has 2 aromatic carbocycles. The number of carbonyl (C=O) groups is 1. The van der Waals surface area contributed by atoms with Crippen molar-refractivity contribution >= 4 is 38.3 Å². The first kappa shape index (κ1) is 30.9. The number of para-hydroxylation sites is 1. The standard InChI is InChI=1S/C34H37AsFN7O2/c1-41(2)21-34(14-6-7-15-34)18-23(19-37)33(44)42-16-8-9-24(42)20-43-32-29(31(35)38-22-39-32)30(40-43)27-13-12-26(17-28(27)36)45-25-10-4-3-5-11-25/h3-5,10-13,17-18,22,24H,6-9,14-16,20-21,35H2,1-2H3/t24-/m0/s1. The summed E-state index contributed by atoms with van der Waals surface area (Å²) in [7, 11) is 4.07. The van der Waals surface area contributed by atoms with Gasteiger partial charge in [0.15, 0.2) is 0 Å². The van der Waals surface area contributed by atoms with Gasteiger partial charge in [0.2, 0.25) is 0 Å². The summed E-state index contributed by atoms with van der Waals surface area (Å²) in [6, 6.07) is 16.0. The van der Waals surface area contributed by atoms with Crippen molar-refractivity contribution in [3.8, 4) is 28.8 Å². The molecule has 232 valence electrons. The Hall–Kier alpha value is -4.06. The molecular formula is C34H37AsFN7O2. The van der Waals surface area contributed by atoms with E-state index in [9.17, 15) is 10.1 Å². The van der Waals surface area contributed by atoms with Crippen LogP contribution in [-0.2, 0) is 11.3 Å². The van der Waals surface area contributed by atoms with Crippen molar-refractivity contribution in [1.82, 2.24) is 29.5 Å². The molecule has 1 aliphatic heterocycles. The molecule has 0 spiro atoms. The molecule has 1 saturated carbocycles. The van der Waals surface area contributed by atoms with E-state index in [4.69, 9.17) is 9.84 Å². The maximum atomic E-state index is 15.6. The fourth-order valence-corrected chi connectivity index (χ4v) is 7.57. The molecule has 11 heteroatoms. The Balaban J connectivity index is 1.29. The Morgan fingerprint density at radius 1 is 1.16 bits per heavy atom. The molecule has 1 saturated heterocycles. The number of ether oxygens (including phenoxy) is 1. The number of nitriles is 1. The van der Waals surface area contributed by atoms with Gasteiger partial charge in [0.25, 0.3) is 0 Å². The third kappa shape index (κ3) is 6.51. The number of hydrogen-bond acceptors (Lipinski definition) is 7. The number of halogens is 1. The molecule has 1 amide bonds. The van der Waals surface area contributed by atoms with E-state index in [2.05, 4.69) is 20.9 Å². The molecular weight excluding hydrogens is 632 g/mol. The van der Waals surface area contributed by atoms with Crippen molar-refractivity contribution in [2.45, 2.75) is 51.1 Å². The molecule has 3 heterocycles. The normalized spacial score (nSPS) is 18.1. The van der Waals surface area contributed by atoms with Crippen LogP contribution >= 0.6 is 0 Å². The summed E-state index contributed by atoms with van der Waals surface area (Å²) >= 11 is 1.30. The second-order valence-electron chi connectivity index (χ2n) is 12.3. The summed E-state index contributed by atoms with van der Waals surface area (Å²) in [4.78, 5) is 26.7. The Kier molecular flexibility index (Phi) is 9.02. The predicted octanol–water partition coefficient (Wildman–Crippen LogP) is 4.25. The van der Waals surface area contributed by atoms with Gasteiger partial charge in [-0.2, -0.15) is 0 Å². The van der Waals surface area contributed by atoms with E-state index in [-0.39, 0.29) is 22.9 Å². The van der Waals surface area contributed by atoms with E-state index >= 15 is 4.39 Å². The molecule has 2 fully saturated rings. The average Bonchev–Trinajstić information content (AvgIpc) is 3.76. The van der Waals surface area contributed by atoms with Crippen LogP contribution in [0.3, 0.4) is 0 Å². The smallest absolute Gasteiger partial charge is 0.0524 e. The molecule has 0 bridgehead atoms. The first-order chi connectivity index (χ1) is 21.8. The number of hydrogen-bond donors (Lipinski definition) is 0. The van der Waals surface area contributed by atoms with Crippen LogP contribution in [0.5, 0.6) is 11.5 Å². The average molecular weight is 670 g/mol. The summed E-state index contributed by atoms with van der Waals surface area (Å²) in [5.74, 6) is 0.309. The molecule has 1 aliphatic carbocycles. The van der Waals surface area contributed by atoms with Gasteiger partial charge in [-0.25, -0.2) is 0 Å². The van der Waals surface area contributed by atoms with Gasteiger partial charge in [-0.15, -0.1) is 0 Å². The Morgan fingerprint density at radius 3 is 2.64 bits per heavy atom. The van der Waals surface area contributed by atoms with Gasteiger partial charge in [0.1, 0.15) is 0 Å². The minimum atomic E-state index is -0.467. The fraction of sp³-hybridized carbons (Fsp3) is 0.382. The van der Waals surface area contributed by atoms with Crippen molar-refractivity contribution in [2.24, 2.45) is 5.41 Å². The topological polar surface area (TPSA) is 100 Å². The van der Waals surface area contributed by atoms with Crippen molar-refractivity contribution in [3.63, 3.8) is 0 Å². The molecule has 4 aromatic rings. The van der Waals surface area contributed by atoms with Crippen molar-refractivity contribution in [3.05, 3.63) is 72.3 Å². The minimum absolute atomic E-state index is 0.158. The van der Waals surface area contributed by atoms with Crippen LogP contribution in [0.1, 0.15) is 38.5 Å². The number of benzene rings is 2. The first-order valence-corrected chi connectivity index (χ1v) is 16.6. The number of likely N-dealkylation sites (tertiary alicyclic amines) is 1. The zero-order chi connectivity index (χ0) is 31.6. The molecule has 1 unspecified atom stereocenters. The van der Waals surface area contributed by atoms with E-state index in [1.54, 1.807) is 16.8 Å². The summed E-state index contributed by atoms with van der Waals surface area (Å²) in [6.45, 7) is 1.77. The summed E-state index contributed by atoms with van der Waals surface area (Å²) in [5.41, 5.74) is 1.43. The van der Waals surface area contributed by atoms with E-state index in [1.807, 2.05) is 55.4 Å². The fourth-order valence-electron chi connectivity index (χ4n) is 6.87. The maximum absolute atomic E-state index is 15.6. The molecule has 0 radical (unpaired) electrons. The Labute approximate surface area is 271 Å². The SMILES string of the molecule is CN(C)CC1(C=C(C#N)C(=O)N2CCC[C@H]2Cn2nc(-c3ccc(Oc4ccccc4)cc3F)c3c([AsH2])ncnc32)CCCC1. The molecule has 0 N–H and O–H groups in total. The van der Waals surface area contributed by atoms with Gasteiger partial charge >= 0.3 is 240 Å². The summed E-state index contributed by atoms with van der Waals surface area (Å²) in [6.07, 6.45) is 9.21. The number of aromatic nitrogens is 4. The van der Waals surface area contributed by atoms with Gasteiger partial charge in [-0.05, 0) is 14.1 Å². The molecule has 9 nitrogen and oxygen atoms in total. The summed E-state index contributed by atoms with van der Waals surface area (Å²) < 4.78 is 24.0. The van der Waals surface area contributed by atoms with Crippen LogP contribution in [0.2, 0.25) is 0 Å². The molecule has 2 aliphatic rings. The monoisotopic (exact) mass is 669 g/mol. The molecule has 45 heavy (non-hydrogen) atoms.